The predicted molar refractivity (Wildman–Crippen MR) is 109 cm³/mol. The summed E-state index contributed by atoms with van der Waals surface area (Å²) in [5, 5.41) is 11.6. The number of aromatic nitrogens is 4. The van der Waals surface area contributed by atoms with Gasteiger partial charge in [-0.25, -0.2) is 4.98 Å². The van der Waals surface area contributed by atoms with Gasteiger partial charge in [-0.1, -0.05) is 18.5 Å². The van der Waals surface area contributed by atoms with E-state index in [0.29, 0.717) is 17.3 Å². The first-order valence-electron chi connectivity index (χ1n) is 9.09. The maximum absolute atomic E-state index is 6.31. The molecule has 0 bridgehead atoms. The van der Waals surface area contributed by atoms with Gasteiger partial charge in [0.1, 0.15) is 12.9 Å². The van der Waals surface area contributed by atoms with Crippen molar-refractivity contribution in [2.75, 3.05) is 7.11 Å². The highest BCUT2D eigenvalue weighted by molar-refractivity contribution is 7.16. The summed E-state index contributed by atoms with van der Waals surface area (Å²) in [6.07, 6.45) is 5.83. The second-order valence-electron chi connectivity index (χ2n) is 6.24. The van der Waals surface area contributed by atoms with Gasteiger partial charge in [-0.15, -0.1) is 21.5 Å². The van der Waals surface area contributed by atoms with Crippen LogP contribution in [0.2, 0.25) is 0 Å². The summed E-state index contributed by atoms with van der Waals surface area (Å²) in [6.45, 7) is 2.14. The molecule has 1 unspecified atom stereocenters. The van der Waals surface area contributed by atoms with Crippen molar-refractivity contribution in [1.29, 1.82) is 0 Å². The van der Waals surface area contributed by atoms with E-state index in [9.17, 15) is 0 Å². The quantitative estimate of drug-likeness (QED) is 0.318. The van der Waals surface area contributed by atoms with E-state index in [4.69, 9.17) is 14.0 Å². The molecule has 0 N–H and O–H groups in total. The molecule has 0 saturated heterocycles. The van der Waals surface area contributed by atoms with Crippen molar-refractivity contribution in [2.24, 2.45) is 5.16 Å². The normalized spacial score (nSPS) is 12.5. The molecule has 3 aromatic heterocycles. The average Bonchev–Trinajstić information content (AvgIpc) is 3.43. The fourth-order valence-electron chi connectivity index (χ4n) is 3.01. The third-order valence-corrected chi connectivity index (χ3v) is 5.02. The van der Waals surface area contributed by atoms with E-state index in [2.05, 4.69) is 32.2 Å². The van der Waals surface area contributed by atoms with Gasteiger partial charge in [-0.2, -0.15) is 0 Å². The number of thiazole rings is 1. The van der Waals surface area contributed by atoms with Crippen molar-refractivity contribution in [1.82, 2.24) is 20.2 Å². The van der Waals surface area contributed by atoms with Gasteiger partial charge < -0.3 is 14.0 Å². The summed E-state index contributed by atoms with van der Waals surface area (Å²) < 4.78 is 12.8. The standard InChI is InChI=1S/C20H19N5O3S/c1-3-4-14-8-15(9-17-18(14)22-12-29-17)28-19(20-25-23-11-27-20)16-7-13(5-6-21-16)10-24-26-2/h5-12,19H,3-4H2,1-2H3/b24-10+. The number of aryl methyl sites for hydroxylation is 1. The summed E-state index contributed by atoms with van der Waals surface area (Å²) >= 11 is 1.58. The van der Waals surface area contributed by atoms with E-state index in [1.165, 1.54) is 13.5 Å². The number of nitrogens with zero attached hydrogens (tertiary/aromatic N) is 5. The molecule has 0 spiro atoms. The Morgan fingerprint density at radius 1 is 1.28 bits per heavy atom. The van der Waals surface area contributed by atoms with E-state index >= 15 is 0 Å². The molecule has 0 amide bonds. The summed E-state index contributed by atoms with van der Waals surface area (Å²) in [5.74, 6) is 1.02. The molecule has 0 radical (unpaired) electrons. The van der Waals surface area contributed by atoms with E-state index in [1.54, 1.807) is 23.7 Å². The minimum atomic E-state index is -0.659. The largest absolute Gasteiger partial charge is 0.474 e. The minimum absolute atomic E-state index is 0.319. The summed E-state index contributed by atoms with van der Waals surface area (Å²) in [4.78, 5) is 13.7. The van der Waals surface area contributed by atoms with Crippen molar-refractivity contribution < 1.29 is 14.0 Å². The fraction of sp³-hybridized carbons (Fsp3) is 0.250. The van der Waals surface area contributed by atoms with Crippen LogP contribution in [0.3, 0.4) is 0 Å². The SMILES string of the molecule is CCCc1cc(OC(c2cc(/C=N/OC)ccn2)c2nnco2)cc2scnc12. The number of oxime groups is 1. The van der Waals surface area contributed by atoms with Crippen LogP contribution in [0.4, 0.5) is 0 Å². The molecule has 4 aromatic rings. The molecule has 0 saturated carbocycles. The molecule has 29 heavy (non-hydrogen) atoms. The van der Waals surface area contributed by atoms with Gasteiger partial charge in [0, 0.05) is 6.20 Å². The first-order chi connectivity index (χ1) is 14.3. The number of hydrogen-bond acceptors (Lipinski definition) is 9. The van der Waals surface area contributed by atoms with E-state index < -0.39 is 6.10 Å². The highest BCUT2D eigenvalue weighted by atomic mass is 32.1. The van der Waals surface area contributed by atoms with E-state index in [1.807, 2.05) is 29.8 Å². The lowest BCUT2D eigenvalue weighted by atomic mass is 10.1. The Balaban J connectivity index is 1.73. The lowest BCUT2D eigenvalue weighted by molar-refractivity contribution is 0.203. The van der Waals surface area contributed by atoms with Gasteiger partial charge in [-0.3, -0.25) is 4.98 Å². The third-order valence-electron chi connectivity index (χ3n) is 4.24. The van der Waals surface area contributed by atoms with Crippen molar-refractivity contribution >= 4 is 27.8 Å². The molecule has 8 nitrogen and oxygen atoms in total. The van der Waals surface area contributed by atoms with Crippen molar-refractivity contribution in [3.8, 4) is 5.75 Å². The number of pyridine rings is 1. The van der Waals surface area contributed by atoms with Gasteiger partial charge in [0.15, 0.2) is 0 Å². The molecule has 0 aliphatic heterocycles. The molecular weight excluding hydrogens is 390 g/mol. The second-order valence-corrected chi connectivity index (χ2v) is 7.12. The Bertz CT molecular complexity index is 1110. The number of hydrogen-bond donors (Lipinski definition) is 0. The molecule has 1 aromatic carbocycles. The lowest BCUT2D eigenvalue weighted by Crippen LogP contribution is -2.12. The van der Waals surface area contributed by atoms with Gasteiger partial charge in [-0.05, 0) is 41.8 Å². The monoisotopic (exact) mass is 409 g/mol. The molecule has 0 aliphatic rings. The van der Waals surface area contributed by atoms with E-state index in [0.717, 1.165) is 34.2 Å². The van der Waals surface area contributed by atoms with Crippen molar-refractivity contribution in [3.05, 3.63) is 65.1 Å². The average molecular weight is 409 g/mol. The highest BCUT2D eigenvalue weighted by Crippen LogP contribution is 2.32. The Morgan fingerprint density at radius 2 is 2.21 bits per heavy atom. The molecule has 0 aliphatic carbocycles. The maximum Gasteiger partial charge on any atom is 0.263 e. The van der Waals surface area contributed by atoms with Crippen LogP contribution in [-0.2, 0) is 11.3 Å². The predicted octanol–water partition coefficient (Wildman–Crippen LogP) is 4.18. The first kappa shape index (κ1) is 19.0. The van der Waals surface area contributed by atoms with E-state index in [-0.39, 0.29) is 0 Å². The molecular formula is C20H19N5O3S. The van der Waals surface area contributed by atoms with Crippen molar-refractivity contribution in [3.63, 3.8) is 0 Å². The zero-order chi connectivity index (χ0) is 20.1. The molecule has 9 heteroatoms. The minimum Gasteiger partial charge on any atom is -0.474 e. The maximum atomic E-state index is 6.31. The fourth-order valence-corrected chi connectivity index (χ4v) is 3.76. The summed E-state index contributed by atoms with van der Waals surface area (Å²) in [6, 6.07) is 7.66. The smallest absolute Gasteiger partial charge is 0.263 e. The third kappa shape index (κ3) is 4.24. The first-order valence-corrected chi connectivity index (χ1v) is 9.97. The van der Waals surface area contributed by atoms with Crippen LogP contribution in [0.5, 0.6) is 5.75 Å². The number of ether oxygens (including phenoxy) is 1. The topological polar surface area (TPSA) is 95.5 Å². The zero-order valence-corrected chi connectivity index (χ0v) is 16.8. The van der Waals surface area contributed by atoms with Gasteiger partial charge in [0.25, 0.3) is 5.89 Å². The van der Waals surface area contributed by atoms with Crippen molar-refractivity contribution in [2.45, 2.75) is 25.9 Å². The molecule has 148 valence electrons. The number of fused-ring (bicyclic) bond motifs is 1. The molecule has 0 fully saturated rings. The Kier molecular flexibility index (Phi) is 5.76. The number of benzene rings is 1. The van der Waals surface area contributed by atoms with Crippen LogP contribution in [-0.4, -0.2) is 33.5 Å². The second kappa shape index (κ2) is 8.78. The van der Waals surface area contributed by atoms with Crippen LogP contribution in [0.15, 0.2) is 51.9 Å². The molecule has 1 atom stereocenters. The lowest BCUT2D eigenvalue weighted by Gasteiger charge is -2.16. The van der Waals surface area contributed by atoms with Crippen LogP contribution in [0.25, 0.3) is 10.2 Å². The van der Waals surface area contributed by atoms with Crippen LogP contribution >= 0.6 is 11.3 Å². The Hall–Kier alpha value is -3.33. The zero-order valence-electron chi connectivity index (χ0n) is 16.0. The van der Waals surface area contributed by atoms with Gasteiger partial charge in [0.05, 0.1) is 27.6 Å². The Labute approximate surface area is 171 Å². The van der Waals surface area contributed by atoms with Gasteiger partial charge in [0.2, 0.25) is 12.5 Å². The van der Waals surface area contributed by atoms with Crippen LogP contribution < -0.4 is 4.74 Å². The van der Waals surface area contributed by atoms with Crippen LogP contribution in [0.1, 0.15) is 42.2 Å². The van der Waals surface area contributed by atoms with Gasteiger partial charge >= 0.3 is 0 Å². The van der Waals surface area contributed by atoms with Crippen LogP contribution in [0, 0.1) is 0 Å². The molecule has 3 heterocycles. The number of rotatable bonds is 8. The molecule has 4 rings (SSSR count). The highest BCUT2D eigenvalue weighted by Gasteiger charge is 2.24. The summed E-state index contributed by atoms with van der Waals surface area (Å²) in [5.41, 5.74) is 5.46. The Morgan fingerprint density at radius 3 is 3.00 bits per heavy atom. The summed E-state index contributed by atoms with van der Waals surface area (Å²) in [7, 11) is 1.49.